The molecule has 5 aromatic rings. The van der Waals surface area contributed by atoms with Gasteiger partial charge in [-0.1, -0.05) is 48.5 Å². The Bertz CT molecular complexity index is 1440. The molecule has 0 aliphatic heterocycles. The summed E-state index contributed by atoms with van der Waals surface area (Å²) >= 11 is 0. The Kier molecular flexibility index (Phi) is 5.47. The van der Waals surface area contributed by atoms with E-state index in [1.807, 2.05) is 0 Å². The van der Waals surface area contributed by atoms with Crippen molar-refractivity contribution in [2.75, 3.05) is 10.6 Å². The maximum absolute atomic E-state index is 14.0. The minimum absolute atomic E-state index is 0.359. The molecule has 6 heteroatoms. The SMILES string of the molecule is O=C(Nc1ccc(NC(=O)c2ccc(F)c3ccccc23)cc1)c1ccc(F)c2ccccc12. The van der Waals surface area contributed by atoms with E-state index in [1.54, 1.807) is 72.8 Å². The van der Waals surface area contributed by atoms with Crippen LogP contribution < -0.4 is 10.6 Å². The number of amides is 2. The number of fused-ring (bicyclic) bond motifs is 2. The third kappa shape index (κ3) is 3.97. The Labute approximate surface area is 193 Å². The topological polar surface area (TPSA) is 58.2 Å². The van der Waals surface area contributed by atoms with Gasteiger partial charge in [-0.2, -0.15) is 0 Å². The quantitative estimate of drug-likeness (QED) is 0.316. The van der Waals surface area contributed by atoms with Crippen LogP contribution in [0.1, 0.15) is 20.7 Å². The fraction of sp³-hybridized carbons (Fsp3) is 0. The van der Waals surface area contributed by atoms with E-state index in [-0.39, 0.29) is 23.4 Å². The van der Waals surface area contributed by atoms with Crippen molar-refractivity contribution in [1.82, 2.24) is 0 Å². The second kappa shape index (κ2) is 8.75. The summed E-state index contributed by atoms with van der Waals surface area (Å²) in [7, 11) is 0. The standard InChI is InChI=1S/C28H18F2N2O2/c29-25-15-13-23(19-5-1-3-7-21(19)25)27(33)31-17-9-11-18(12-10-17)32-28(34)24-14-16-26(30)22-8-4-2-6-20(22)24/h1-16H,(H,31,33)(H,32,34). The molecular formula is C28H18F2N2O2. The zero-order chi connectivity index (χ0) is 23.7. The Morgan fingerprint density at radius 1 is 0.471 bits per heavy atom. The van der Waals surface area contributed by atoms with Gasteiger partial charge in [0.05, 0.1) is 0 Å². The number of nitrogens with one attached hydrogen (secondary N) is 2. The van der Waals surface area contributed by atoms with Crippen LogP contribution in [0.15, 0.2) is 97.1 Å². The predicted molar refractivity (Wildman–Crippen MR) is 130 cm³/mol. The minimum Gasteiger partial charge on any atom is -0.322 e. The summed E-state index contributed by atoms with van der Waals surface area (Å²) < 4.78 is 28.1. The lowest BCUT2D eigenvalue weighted by Crippen LogP contribution is -2.14. The van der Waals surface area contributed by atoms with Gasteiger partial charge < -0.3 is 10.6 Å². The van der Waals surface area contributed by atoms with Crippen LogP contribution in [0.4, 0.5) is 20.2 Å². The second-order valence-corrected chi connectivity index (χ2v) is 7.77. The molecule has 0 saturated heterocycles. The fourth-order valence-corrected chi connectivity index (χ4v) is 3.95. The molecule has 0 aromatic heterocycles. The Hall–Kier alpha value is -4.58. The van der Waals surface area contributed by atoms with Gasteiger partial charge in [-0.05, 0) is 59.3 Å². The average Bonchev–Trinajstić information content (AvgIpc) is 2.86. The number of hydrogen-bond donors (Lipinski definition) is 2. The average molecular weight is 452 g/mol. The first kappa shape index (κ1) is 21.3. The summed E-state index contributed by atoms with van der Waals surface area (Å²) in [5, 5.41) is 7.39. The van der Waals surface area contributed by atoms with Crippen LogP contribution in [0, 0.1) is 11.6 Å². The normalized spacial score (nSPS) is 10.9. The Morgan fingerprint density at radius 3 is 1.21 bits per heavy atom. The van der Waals surface area contributed by atoms with E-state index in [2.05, 4.69) is 10.6 Å². The molecule has 0 unspecified atom stereocenters. The first-order valence-electron chi connectivity index (χ1n) is 10.6. The van der Waals surface area contributed by atoms with Crippen LogP contribution in [0.2, 0.25) is 0 Å². The maximum atomic E-state index is 14.0. The second-order valence-electron chi connectivity index (χ2n) is 7.77. The third-order valence-corrected chi connectivity index (χ3v) is 5.63. The molecule has 0 fully saturated rings. The van der Waals surface area contributed by atoms with Gasteiger partial charge >= 0.3 is 0 Å². The van der Waals surface area contributed by atoms with Crippen LogP contribution in [-0.4, -0.2) is 11.8 Å². The first-order chi connectivity index (χ1) is 16.5. The molecule has 5 aromatic carbocycles. The maximum Gasteiger partial charge on any atom is 0.256 e. The highest BCUT2D eigenvalue weighted by Crippen LogP contribution is 2.25. The molecule has 4 nitrogen and oxygen atoms in total. The summed E-state index contributed by atoms with van der Waals surface area (Å²) in [5.74, 6) is -1.51. The molecular weight excluding hydrogens is 434 g/mol. The number of rotatable bonds is 4. The van der Waals surface area contributed by atoms with Crippen LogP contribution in [0.5, 0.6) is 0 Å². The van der Waals surface area contributed by atoms with E-state index in [1.165, 1.54) is 24.3 Å². The molecule has 0 radical (unpaired) electrons. The highest BCUT2D eigenvalue weighted by Gasteiger charge is 2.14. The largest absolute Gasteiger partial charge is 0.322 e. The lowest BCUT2D eigenvalue weighted by atomic mass is 10.0. The van der Waals surface area contributed by atoms with Gasteiger partial charge in [-0.15, -0.1) is 0 Å². The van der Waals surface area contributed by atoms with E-state index in [9.17, 15) is 18.4 Å². The molecule has 2 amide bonds. The molecule has 0 bridgehead atoms. The molecule has 0 spiro atoms. The fourth-order valence-electron chi connectivity index (χ4n) is 3.95. The third-order valence-electron chi connectivity index (χ3n) is 5.63. The van der Waals surface area contributed by atoms with E-state index in [0.717, 1.165) is 0 Å². The van der Waals surface area contributed by atoms with Crippen molar-refractivity contribution < 1.29 is 18.4 Å². The number of anilines is 2. The molecule has 0 heterocycles. The van der Waals surface area contributed by atoms with Gasteiger partial charge in [0.1, 0.15) is 11.6 Å². The highest BCUT2D eigenvalue weighted by molar-refractivity contribution is 6.14. The summed E-state index contributed by atoms with van der Waals surface area (Å²) in [6.45, 7) is 0. The number of benzene rings is 5. The predicted octanol–water partition coefficient (Wildman–Crippen LogP) is 6.78. The van der Waals surface area contributed by atoms with E-state index in [4.69, 9.17) is 0 Å². The molecule has 34 heavy (non-hydrogen) atoms. The molecule has 0 atom stereocenters. The number of carbonyl (C=O) groups is 2. The van der Waals surface area contributed by atoms with Crippen molar-refractivity contribution in [2.24, 2.45) is 0 Å². The van der Waals surface area contributed by atoms with Gasteiger partial charge in [-0.3, -0.25) is 9.59 Å². The summed E-state index contributed by atoms with van der Waals surface area (Å²) in [4.78, 5) is 25.6. The number of carbonyl (C=O) groups excluding carboxylic acids is 2. The minimum atomic E-state index is -0.388. The van der Waals surface area contributed by atoms with Gasteiger partial charge in [0.15, 0.2) is 0 Å². The van der Waals surface area contributed by atoms with E-state index >= 15 is 0 Å². The van der Waals surface area contributed by atoms with Crippen LogP contribution >= 0.6 is 0 Å². The smallest absolute Gasteiger partial charge is 0.256 e. The van der Waals surface area contributed by atoms with E-state index in [0.29, 0.717) is 44.0 Å². The molecule has 0 aliphatic rings. The summed E-state index contributed by atoms with van der Waals surface area (Å²) in [5.41, 5.74) is 1.75. The first-order valence-corrected chi connectivity index (χ1v) is 10.6. The lowest BCUT2D eigenvalue weighted by molar-refractivity contribution is 0.102. The van der Waals surface area contributed by atoms with Crippen molar-refractivity contribution in [3.63, 3.8) is 0 Å². The molecule has 0 saturated carbocycles. The monoisotopic (exact) mass is 452 g/mol. The molecule has 2 N–H and O–H groups in total. The number of hydrogen-bond acceptors (Lipinski definition) is 2. The van der Waals surface area contributed by atoms with Gasteiger partial charge in [0.2, 0.25) is 0 Å². The Morgan fingerprint density at radius 2 is 0.824 bits per heavy atom. The van der Waals surface area contributed by atoms with Crippen molar-refractivity contribution in [3.05, 3.63) is 120 Å². The van der Waals surface area contributed by atoms with Crippen LogP contribution in [0.3, 0.4) is 0 Å². The van der Waals surface area contributed by atoms with Crippen LogP contribution in [-0.2, 0) is 0 Å². The zero-order valence-electron chi connectivity index (χ0n) is 17.8. The lowest BCUT2D eigenvalue weighted by Gasteiger charge is -2.11. The van der Waals surface area contributed by atoms with Crippen molar-refractivity contribution in [2.45, 2.75) is 0 Å². The van der Waals surface area contributed by atoms with Crippen molar-refractivity contribution in [3.8, 4) is 0 Å². The highest BCUT2D eigenvalue weighted by atomic mass is 19.1. The Balaban J connectivity index is 1.33. The number of halogens is 2. The van der Waals surface area contributed by atoms with Crippen LogP contribution in [0.25, 0.3) is 21.5 Å². The van der Waals surface area contributed by atoms with E-state index < -0.39 is 0 Å². The summed E-state index contributed by atoms with van der Waals surface area (Å²) in [6.07, 6.45) is 0. The zero-order valence-corrected chi connectivity index (χ0v) is 17.8. The van der Waals surface area contributed by atoms with Gasteiger partial charge in [0, 0.05) is 33.3 Å². The molecule has 5 rings (SSSR count). The molecule has 166 valence electrons. The van der Waals surface area contributed by atoms with Crippen molar-refractivity contribution in [1.29, 1.82) is 0 Å². The molecule has 0 aliphatic carbocycles. The van der Waals surface area contributed by atoms with Gasteiger partial charge in [-0.25, -0.2) is 8.78 Å². The van der Waals surface area contributed by atoms with Crippen molar-refractivity contribution >= 4 is 44.7 Å². The summed E-state index contributed by atoms with van der Waals surface area (Å²) in [6, 6.07) is 25.7. The van der Waals surface area contributed by atoms with Gasteiger partial charge in [0.25, 0.3) is 11.8 Å².